The number of hydrogen-bond donors (Lipinski definition) is 1. The summed E-state index contributed by atoms with van der Waals surface area (Å²) >= 11 is 0. The molecule has 0 aliphatic heterocycles. The van der Waals surface area contributed by atoms with Gasteiger partial charge >= 0.3 is 5.97 Å². The quantitative estimate of drug-likeness (QED) is 0.671. The van der Waals surface area contributed by atoms with Gasteiger partial charge in [0, 0.05) is 11.6 Å². The minimum atomic E-state index is -0.135. The molecule has 2 atom stereocenters. The van der Waals surface area contributed by atoms with E-state index in [9.17, 15) is 4.79 Å². The molecule has 1 aliphatic rings. The van der Waals surface area contributed by atoms with Crippen molar-refractivity contribution in [2.24, 2.45) is 5.92 Å². The Morgan fingerprint density at radius 3 is 2.38 bits per heavy atom. The molecule has 0 radical (unpaired) electrons. The predicted octanol–water partition coefficient (Wildman–Crippen LogP) is 1.33. The van der Waals surface area contributed by atoms with Crippen LogP contribution in [0.1, 0.15) is 33.6 Å². The molecule has 2 unspecified atom stereocenters. The summed E-state index contributed by atoms with van der Waals surface area (Å²) in [6, 6.07) is 0.194. The summed E-state index contributed by atoms with van der Waals surface area (Å²) in [5.41, 5.74) is 0.279. The number of carbonyl (C=O) groups is 1. The second-order valence-corrected chi connectivity index (χ2v) is 4.31. The first-order chi connectivity index (χ1) is 5.98. The summed E-state index contributed by atoms with van der Waals surface area (Å²) in [6.45, 7) is 6.12. The third-order valence-electron chi connectivity index (χ3n) is 2.90. The molecule has 0 aromatic rings. The van der Waals surface area contributed by atoms with Crippen LogP contribution in [0.25, 0.3) is 0 Å². The highest BCUT2D eigenvalue weighted by atomic mass is 16.5. The van der Waals surface area contributed by atoms with Gasteiger partial charge in [0.05, 0.1) is 13.0 Å². The average Bonchev–Trinajstić information content (AvgIpc) is 2.80. The van der Waals surface area contributed by atoms with E-state index < -0.39 is 0 Å². The molecule has 1 N–H and O–H groups in total. The van der Waals surface area contributed by atoms with Crippen LogP contribution in [-0.4, -0.2) is 24.7 Å². The maximum Gasteiger partial charge on any atom is 0.309 e. The van der Waals surface area contributed by atoms with Gasteiger partial charge < -0.3 is 10.1 Å². The van der Waals surface area contributed by atoms with Gasteiger partial charge in [-0.3, -0.25) is 4.79 Å². The molecule has 1 saturated carbocycles. The highest BCUT2D eigenvalue weighted by Gasteiger charge is 2.39. The highest BCUT2D eigenvalue weighted by Crippen LogP contribution is 2.35. The van der Waals surface area contributed by atoms with Gasteiger partial charge in [-0.15, -0.1) is 0 Å². The highest BCUT2D eigenvalue weighted by molar-refractivity contribution is 5.72. The van der Waals surface area contributed by atoms with E-state index in [-0.39, 0.29) is 23.5 Å². The molecule has 0 spiro atoms. The van der Waals surface area contributed by atoms with E-state index in [0.29, 0.717) is 0 Å². The fourth-order valence-electron chi connectivity index (χ4n) is 1.40. The van der Waals surface area contributed by atoms with Gasteiger partial charge in [-0.1, -0.05) is 6.92 Å². The fraction of sp³-hybridized carbons (Fsp3) is 0.900. The number of carbonyl (C=O) groups excluding carboxylic acids is 1. The van der Waals surface area contributed by atoms with Gasteiger partial charge in [0.2, 0.25) is 0 Å². The Morgan fingerprint density at radius 2 is 2.00 bits per heavy atom. The summed E-state index contributed by atoms with van der Waals surface area (Å²) < 4.78 is 4.69. The van der Waals surface area contributed by atoms with Gasteiger partial charge in [-0.25, -0.2) is 0 Å². The van der Waals surface area contributed by atoms with Crippen molar-refractivity contribution in [3.05, 3.63) is 0 Å². The Morgan fingerprint density at radius 1 is 1.46 bits per heavy atom. The summed E-state index contributed by atoms with van der Waals surface area (Å²) in [5, 5.41) is 3.44. The lowest BCUT2D eigenvalue weighted by Crippen LogP contribution is -2.42. The third-order valence-corrected chi connectivity index (χ3v) is 2.90. The van der Waals surface area contributed by atoms with Crippen LogP contribution in [0.4, 0.5) is 0 Å². The van der Waals surface area contributed by atoms with Gasteiger partial charge in [0.25, 0.3) is 0 Å². The lowest BCUT2D eigenvalue weighted by atomic mass is 10.0. The number of esters is 1. The van der Waals surface area contributed by atoms with Crippen LogP contribution in [-0.2, 0) is 9.53 Å². The van der Waals surface area contributed by atoms with Gasteiger partial charge in [0.15, 0.2) is 0 Å². The van der Waals surface area contributed by atoms with E-state index in [1.807, 2.05) is 13.8 Å². The molecule has 13 heavy (non-hydrogen) atoms. The predicted molar refractivity (Wildman–Crippen MR) is 51.4 cm³/mol. The Labute approximate surface area is 79.8 Å². The van der Waals surface area contributed by atoms with Crippen molar-refractivity contribution in [3.8, 4) is 0 Å². The molecule has 1 rings (SSSR count). The van der Waals surface area contributed by atoms with Crippen molar-refractivity contribution < 1.29 is 9.53 Å². The minimum absolute atomic E-state index is 0.0672. The van der Waals surface area contributed by atoms with E-state index in [1.165, 1.54) is 20.0 Å². The van der Waals surface area contributed by atoms with Gasteiger partial charge in [0.1, 0.15) is 0 Å². The summed E-state index contributed by atoms with van der Waals surface area (Å²) in [7, 11) is 1.43. The Bertz CT molecular complexity index is 199. The van der Waals surface area contributed by atoms with E-state index in [1.54, 1.807) is 0 Å². The lowest BCUT2D eigenvalue weighted by molar-refractivity contribution is -0.145. The van der Waals surface area contributed by atoms with Crippen LogP contribution >= 0.6 is 0 Å². The molecular formula is C10H19NO2. The summed E-state index contributed by atoms with van der Waals surface area (Å²) in [4.78, 5) is 11.2. The topological polar surface area (TPSA) is 38.3 Å². The van der Waals surface area contributed by atoms with E-state index in [0.717, 1.165) is 0 Å². The van der Waals surface area contributed by atoms with Crippen LogP contribution in [0, 0.1) is 5.92 Å². The van der Waals surface area contributed by atoms with Crippen molar-refractivity contribution in [1.29, 1.82) is 0 Å². The second kappa shape index (κ2) is 3.66. The number of nitrogens with one attached hydrogen (secondary N) is 1. The van der Waals surface area contributed by atoms with Crippen molar-refractivity contribution >= 4 is 5.97 Å². The lowest BCUT2D eigenvalue weighted by Gasteiger charge is -2.23. The number of methoxy groups -OCH3 is 1. The van der Waals surface area contributed by atoms with Crippen LogP contribution in [0.3, 0.4) is 0 Å². The molecule has 76 valence electrons. The average molecular weight is 185 g/mol. The van der Waals surface area contributed by atoms with Crippen molar-refractivity contribution in [2.75, 3.05) is 7.11 Å². The Balaban J connectivity index is 2.37. The van der Waals surface area contributed by atoms with Crippen molar-refractivity contribution in [1.82, 2.24) is 5.32 Å². The smallest absolute Gasteiger partial charge is 0.309 e. The van der Waals surface area contributed by atoms with Gasteiger partial charge in [-0.2, -0.15) is 0 Å². The fourth-order valence-corrected chi connectivity index (χ4v) is 1.40. The zero-order valence-corrected chi connectivity index (χ0v) is 8.89. The first kappa shape index (κ1) is 10.5. The van der Waals surface area contributed by atoms with Crippen LogP contribution in [0.15, 0.2) is 0 Å². The Hall–Kier alpha value is -0.570. The molecule has 0 bridgehead atoms. The molecular weight excluding hydrogens is 166 g/mol. The van der Waals surface area contributed by atoms with Crippen LogP contribution in [0.5, 0.6) is 0 Å². The normalized spacial score (nSPS) is 23.4. The molecule has 0 aromatic carbocycles. The molecule has 0 heterocycles. The van der Waals surface area contributed by atoms with Crippen molar-refractivity contribution in [3.63, 3.8) is 0 Å². The van der Waals surface area contributed by atoms with E-state index in [2.05, 4.69) is 17.0 Å². The minimum Gasteiger partial charge on any atom is -0.469 e. The molecule has 3 heteroatoms. The Kier molecular flexibility index (Phi) is 2.96. The standard InChI is InChI=1S/C10H19NO2/c1-7(9(12)13-4)8(2)11-10(3)5-6-10/h7-8,11H,5-6H2,1-4H3. The molecule has 0 amide bonds. The summed E-state index contributed by atoms with van der Waals surface area (Å²) in [5.74, 6) is -0.202. The van der Waals surface area contributed by atoms with Gasteiger partial charge in [-0.05, 0) is 26.7 Å². The first-order valence-corrected chi connectivity index (χ1v) is 4.84. The number of hydrogen-bond acceptors (Lipinski definition) is 3. The number of rotatable bonds is 4. The monoisotopic (exact) mass is 185 g/mol. The largest absolute Gasteiger partial charge is 0.469 e. The second-order valence-electron chi connectivity index (χ2n) is 4.31. The SMILES string of the molecule is COC(=O)C(C)C(C)NC1(C)CC1. The zero-order valence-electron chi connectivity index (χ0n) is 8.89. The van der Waals surface area contributed by atoms with E-state index in [4.69, 9.17) is 0 Å². The van der Waals surface area contributed by atoms with Crippen LogP contribution < -0.4 is 5.32 Å². The summed E-state index contributed by atoms with van der Waals surface area (Å²) in [6.07, 6.45) is 2.43. The third kappa shape index (κ3) is 2.69. The van der Waals surface area contributed by atoms with E-state index >= 15 is 0 Å². The molecule has 1 aliphatic carbocycles. The van der Waals surface area contributed by atoms with Crippen molar-refractivity contribution in [2.45, 2.75) is 45.2 Å². The maximum atomic E-state index is 11.2. The molecule has 1 fully saturated rings. The molecule has 0 saturated heterocycles. The molecule has 3 nitrogen and oxygen atoms in total. The maximum absolute atomic E-state index is 11.2. The molecule has 0 aromatic heterocycles. The van der Waals surface area contributed by atoms with Crippen LogP contribution in [0.2, 0.25) is 0 Å². The first-order valence-electron chi connectivity index (χ1n) is 4.84. The number of ether oxygens (including phenoxy) is 1. The zero-order chi connectivity index (χ0) is 10.1.